The van der Waals surface area contributed by atoms with Crippen LogP contribution >= 0.6 is 12.4 Å². The van der Waals surface area contributed by atoms with Crippen LogP contribution in [0.5, 0.6) is 0 Å². The van der Waals surface area contributed by atoms with Gasteiger partial charge >= 0.3 is 0 Å². The first-order chi connectivity index (χ1) is 9.21. The van der Waals surface area contributed by atoms with Gasteiger partial charge in [-0.3, -0.25) is 0 Å². The zero-order chi connectivity index (χ0) is 15.6. The zero-order valence-electron chi connectivity index (χ0n) is 11.6. The summed E-state index contributed by atoms with van der Waals surface area (Å²) in [6.07, 6.45) is 0.816. The Morgan fingerprint density at radius 1 is 1.14 bits per heavy atom. The third kappa shape index (κ3) is 4.32. The van der Waals surface area contributed by atoms with Crippen molar-refractivity contribution in [1.29, 1.82) is 0 Å². The molecule has 122 valence electrons. The highest BCUT2D eigenvalue weighted by atomic mass is 35.5. The second-order valence-corrected chi connectivity index (χ2v) is 6.18. The van der Waals surface area contributed by atoms with E-state index in [1.807, 2.05) is 0 Å². The summed E-state index contributed by atoms with van der Waals surface area (Å²) in [5.41, 5.74) is 4.66. The number of halogens is 4. The van der Waals surface area contributed by atoms with Gasteiger partial charge in [0.25, 0.3) is 0 Å². The van der Waals surface area contributed by atoms with Crippen molar-refractivity contribution in [2.45, 2.75) is 37.1 Å². The Labute approximate surface area is 128 Å². The number of sulfonamides is 1. The van der Waals surface area contributed by atoms with Crippen LogP contribution in [-0.4, -0.2) is 20.5 Å². The Morgan fingerprint density at radius 3 is 1.90 bits per heavy atom. The molecule has 0 unspecified atom stereocenters. The lowest BCUT2D eigenvalue weighted by Crippen LogP contribution is -2.52. The number of nitrogens with one attached hydrogen (secondary N) is 1. The SMILES string of the molecule is CCC(CC)(CN)NS(=O)(=O)c1cc(F)c(F)c(F)c1.Cl. The molecule has 0 spiro atoms. The van der Waals surface area contributed by atoms with E-state index in [2.05, 4.69) is 4.72 Å². The molecule has 0 heterocycles. The standard InChI is InChI=1S/C12H17F3N2O2S.ClH/c1-3-12(4-2,7-16)17-20(18,19)8-5-9(13)11(15)10(14)6-8;/h5-6,17H,3-4,7,16H2,1-2H3;1H. The molecule has 0 aliphatic carbocycles. The maximum Gasteiger partial charge on any atom is 0.241 e. The van der Waals surface area contributed by atoms with Gasteiger partial charge in [0, 0.05) is 12.1 Å². The second kappa shape index (κ2) is 7.44. The van der Waals surface area contributed by atoms with E-state index < -0.39 is 37.9 Å². The van der Waals surface area contributed by atoms with Gasteiger partial charge in [-0.15, -0.1) is 12.4 Å². The van der Waals surface area contributed by atoms with Crippen molar-refractivity contribution < 1.29 is 21.6 Å². The Morgan fingerprint density at radius 2 is 1.57 bits per heavy atom. The van der Waals surface area contributed by atoms with Crippen LogP contribution in [0.1, 0.15) is 26.7 Å². The molecule has 1 rings (SSSR count). The highest BCUT2D eigenvalue weighted by Gasteiger charge is 2.31. The third-order valence-corrected chi connectivity index (χ3v) is 4.92. The van der Waals surface area contributed by atoms with Crippen LogP contribution in [-0.2, 0) is 10.0 Å². The smallest absolute Gasteiger partial charge is 0.241 e. The fourth-order valence-electron chi connectivity index (χ4n) is 1.76. The molecule has 0 amide bonds. The molecule has 0 saturated heterocycles. The molecule has 0 atom stereocenters. The first-order valence-electron chi connectivity index (χ1n) is 6.10. The molecule has 0 fully saturated rings. The van der Waals surface area contributed by atoms with Crippen molar-refractivity contribution in [3.63, 3.8) is 0 Å². The number of nitrogens with two attached hydrogens (primary N) is 1. The Bertz CT molecular complexity index is 561. The molecule has 0 radical (unpaired) electrons. The predicted molar refractivity (Wildman–Crippen MR) is 76.3 cm³/mol. The van der Waals surface area contributed by atoms with E-state index in [9.17, 15) is 21.6 Å². The molecule has 1 aromatic rings. The minimum Gasteiger partial charge on any atom is -0.329 e. The van der Waals surface area contributed by atoms with Gasteiger partial charge in [-0.2, -0.15) is 0 Å². The summed E-state index contributed by atoms with van der Waals surface area (Å²) in [7, 11) is -4.19. The van der Waals surface area contributed by atoms with Gasteiger partial charge in [0.15, 0.2) is 17.5 Å². The van der Waals surface area contributed by atoms with E-state index in [1.165, 1.54) is 0 Å². The van der Waals surface area contributed by atoms with Gasteiger partial charge in [0.2, 0.25) is 10.0 Å². The van der Waals surface area contributed by atoms with Crippen molar-refractivity contribution in [3.8, 4) is 0 Å². The maximum absolute atomic E-state index is 13.1. The average Bonchev–Trinajstić information content (AvgIpc) is 2.41. The van der Waals surface area contributed by atoms with Crippen molar-refractivity contribution in [2.75, 3.05) is 6.54 Å². The van der Waals surface area contributed by atoms with Crippen LogP contribution in [0.4, 0.5) is 13.2 Å². The summed E-state index contributed by atoms with van der Waals surface area (Å²) in [6, 6.07) is 0.876. The highest BCUT2D eigenvalue weighted by Crippen LogP contribution is 2.21. The summed E-state index contributed by atoms with van der Waals surface area (Å²) in [4.78, 5) is -0.673. The lowest BCUT2D eigenvalue weighted by atomic mass is 9.95. The number of hydrogen-bond donors (Lipinski definition) is 2. The summed E-state index contributed by atoms with van der Waals surface area (Å²) in [5, 5.41) is 0. The molecule has 4 nitrogen and oxygen atoms in total. The van der Waals surface area contributed by atoms with E-state index in [0.29, 0.717) is 25.0 Å². The summed E-state index contributed by atoms with van der Waals surface area (Å²) in [6.45, 7) is 3.51. The fraction of sp³-hybridized carbons (Fsp3) is 0.500. The van der Waals surface area contributed by atoms with E-state index >= 15 is 0 Å². The normalized spacial score (nSPS) is 12.1. The maximum atomic E-state index is 13.1. The first-order valence-corrected chi connectivity index (χ1v) is 7.58. The van der Waals surface area contributed by atoms with Gasteiger partial charge < -0.3 is 5.73 Å². The topological polar surface area (TPSA) is 72.2 Å². The molecule has 0 aromatic heterocycles. The van der Waals surface area contributed by atoms with Gasteiger partial charge in [-0.25, -0.2) is 26.3 Å². The van der Waals surface area contributed by atoms with Crippen LogP contribution in [0.3, 0.4) is 0 Å². The molecule has 0 bridgehead atoms. The number of benzene rings is 1. The van der Waals surface area contributed by atoms with E-state index in [4.69, 9.17) is 5.73 Å². The molecule has 0 aliphatic rings. The summed E-state index contributed by atoms with van der Waals surface area (Å²) < 4.78 is 65.7. The van der Waals surface area contributed by atoms with E-state index in [0.717, 1.165) is 0 Å². The fourth-order valence-corrected chi connectivity index (χ4v) is 3.33. The van der Waals surface area contributed by atoms with Gasteiger partial charge in [-0.1, -0.05) is 13.8 Å². The quantitative estimate of drug-likeness (QED) is 0.776. The Balaban J connectivity index is 0.00000400. The minimum absolute atomic E-state index is 0. The predicted octanol–water partition coefficient (Wildman–Crippen LogP) is 2.32. The molecule has 21 heavy (non-hydrogen) atoms. The second-order valence-electron chi connectivity index (χ2n) is 4.50. The third-order valence-electron chi connectivity index (χ3n) is 3.36. The molecule has 3 N–H and O–H groups in total. The van der Waals surface area contributed by atoms with Crippen molar-refractivity contribution in [1.82, 2.24) is 4.72 Å². The van der Waals surface area contributed by atoms with Gasteiger partial charge in [0.05, 0.1) is 4.90 Å². The van der Waals surface area contributed by atoms with Gasteiger partial charge in [-0.05, 0) is 25.0 Å². The number of hydrogen-bond acceptors (Lipinski definition) is 3. The first kappa shape index (κ1) is 20.2. The van der Waals surface area contributed by atoms with Crippen LogP contribution in [0, 0.1) is 17.5 Å². The minimum atomic E-state index is -4.19. The zero-order valence-corrected chi connectivity index (χ0v) is 13.3. The van der Waals surface area contributed by atoms with Crippen molar-refractivity contribution >= 4 is 22.4 Å². The van der Waals surface area contributed by atoms with Crippen molar-refractivity contribution in [3.05, 3.63) is 29.6 Å². The molecule has 0 aliphatic heterocycles. The molecule has 9 heteroatoms. The summed E-state index contributed by atoms with van der Waals surface area (Å²) in [5.74, 6) is -4.83. The largest absolute Gasteiger partial charge is 0.329 e. The average molecular weight is 347 g/mol. The Kier molecular flexibility index (Phi) is 7.14. The van der Waals surface area contributed by atoms with Crippen LogP contribution in [0.25, 0.3) is 0 Å². The van der Waals surface area contributed by atoms with Crippen LogP contribution < -0.4 is 10.5 Å². The van der Waals surface area contributed by atoms with E-state index in [-0.39, 0.29) is 19.0 Å². The van der Waals surface area contributed by atoms with Crippen LogP contribution in [0.15, 0.2) is 17.0 Å². The molecule has 1 aromatic carbocycles. The molecular weight excluding hydrogens is 329 g/mol. The highest BCUT2D eigenvalue weighted by molar-refractivity contribution is 7.89. The molecular formula is C12H18ClF3N2O2S. The summed E-state index contributed by atoms with van der Waals surface area (Å²) >= 11 is 0. The Hall–Kier alpha value is -0.830. The molecule has 0 saturated carbocycles. The number of rotatable bonds is 6. The van der Waals surface area contributed by atoms with E-state index in [1.54, 1.807) is 13.8 Å². The van der Waals surface area contributed by atoms with Crippen LogP contribution in [0.2, 0.25) is 0 Å². The lowest BCUT2D eigenvalue weighted by Gasteiger charge is -2.31. The monoisotopic (exact) mass is 346 g/mol. The van der Waals surface area contributed by atoms with Crippen molar-refractivity contribution in [2.24, 2.45) is 5.73 Å². The lowest BCUT2D eigenvalue weighted by molar-refractivity contribution is 0.362. The van der Waals surface area contributed by atoms with Gasteiger partial charge in [0.1, 0.15) is 0 Å².